The first-order valence-corrected chi connectivity index (χ1v) is 10.5. The lowest BCUT2D eigenvalue weighted by Crippen LogP contribution is -2.20. The zero-order valence-corrected chi connectivity index (χ0v) is 17.7. The monoisotopic (exact) mass is 422 g/mol. The molecule has 1 amide bonds. The summed E-state index contributed by atoms with van der Waals surface area (Å²) in [4.78, 5) is 26.0. The summed E-state index contributed by atoms with van der Waals surface area (Å²) < 4.78 is 11.6. The third-order valence-electron chi connectivity index (χ3n) is 5.15. The molecule has 0 saturated heterocycles. The average Bonchev–Trinajstić information content (AvgIpc) is 3.34. The number of ketones is 1. The molecule has 0 fully saturated rings. The van der Waals surface area contributed by atoms with Gasteiger partial charge in [0.1, 0.15) is 0 Å². The number of hydrogen-bond donors (Lipinski definition) is 1. The number of fused-ring (bicyclic) bond motifs is 3. The summed E-state index contributed by atoms with van der Waals surface area (Å²) in [6, 6.07) is 13.2. The molecule has 1 N–H and O–H groups in total. The van der Waals surface area contributed by atoms with E-state index < -0.39 is 0 Å². The van der Waals surface area contributed by atoms with Crippen molar-refractivity contribution in [2.24, 2.45) is 5.10 Å². The Labute approximate surface area is 178 Å². The second-order valence-corrected chi connectivity index (χ2v) is 8.12. The summed E-state index contributed by atoms with van der Waals surface area (Å²) in [5, 5.41) is 5.55. The average molecular weight is 423 g/mol. The Morgan fingerprint density at radius 3 is 2.63 bits per heavy atom. The Morgan fingerprint density at radius 2 is 1.83 bits per heavy atom. The van der Waals surface area contributed by atoms with Gasteiger partial charge in [-0.25, -0.2) is 5.43 Å². The van der Waals surface area contributed by atoms with E-state index in [2.05, 4.69) is 22.7 Å². The van der Waals surface area contributed by atoms with E-state index in [0.717, 1.165) is 24.1 Å². The second kappa shape index (κ2) is 8.67. The Morgan fingerprint density at radius 1 is 1.03 bits per heavy atom. The molecule has 0 saturated carbocycles. The van der Waals surface area contributed by atoms with Crippen LogP contribution >= 0.6 is 11.3 Å². The number of nitrogens with one attached hydrogen (secondary N) is 1. The highest BCUT2D eigenvalue weighted by molar-refractivity contribution is 7.19. The number of thiophene rings is 1. The van der Waals surface area contributed by atoms with Crippen molar-refractivity contribution in [1.29, 1.82) is 0 Å². The minimum Gasteiger partial charge on any atom is -0.493 e. The molecule has 1 heterocycles. The normalized spacial score (nSPS) is 14.0. The standard InChI is InChI=1S/C23H22N2O4S/c1-28-18-10-7-14(13-19(18)29-2)17(26)9-12-22(27)25-24-16-8-11-21-23(16)15-5-3-4-6-20(15)30-21/h3-7,10,13H,8-9,11-12H2,1-2H3,(H,25,27)/b24-16+. The molecule has 6 nitrogen and oxygen atoms in total. The lowest BCUT2D eigenvalue weighted by molar-refractivity contribution is -0.121. The van der Waals surface area contributed by atoms with Gasteiger partial charge >= 0.3 is 0 Å². The molecule has 3 aromatic rings. The number of carbonyl (C=O) groups is 2. The quantitative estimate of drug-likeness (QED) is 0.454. The van der Waals surface area contributed by atoms with Crippen molar-refractivity contribution in [3.63, 3.8) is 0 Å². The van der Waals surface area contributed by atoms with Gasteiger partial charge in [0.25, 0.3) is 0 Å². The minimum absolute atomic E-state index is 0.0706. The highest BCUT2D eigenvalue weighted by Crippen LogP contribution is 2.37. The molecule has 2 aromatic carbocycles. The summed E-state index contributed by atoms with van der Waals surface area (Å²) in [7, 11) is 3.06. The van der Waals surface area contributed by atoms with Crippen molar-refractivity contribution in [3.05, 3.63) is 58.5 Å². The van der Waals surface area contributed by atoms with Gasteiger partial charge in [-0.05, 0) is 37.1 Å². The first-order chi connectivity index (χ1) is 14.6. The van der Waals surface area contributed by atoms with E-state index in [0.29, 0.717) is 17.1 Å². The van der Waals surface area contributed by atoms with Crippen molar-refractivity contribution < 1.29 is 19.1 Å². The largest absolute Gasteiger partial charge is 0.493 e. The summed E-state index contributed by atoms with van der Waals surface area (Å²) in [5.74, 6) is 0.633. The molecule has 0 bridgehead atoms. The molecule has 1 aliphatic rings. The van der Waals surface area contributed by atoms with Gasteiger partial charge < -0.3 is 9.47 Å². The lowest BCUT2D eigenvalue weighted by atomic mass is 10.1. The van der Waals surface area contributed by atoms with Crippen LogP contribution in [-0.2, 0) is 11.2 Å². The minimum atomic E-state index is -0.274. The number of Topliss-reactive ketones (excluding diaryl/α,β-unsaturated/α-hetero) is 1. The molecular weight excluding hydrogens is 400 g/mol. The van der Waals surface area contributed by atoms with Crippen LogP contribution in [0.3, 0.4) is 0 Å². The van der Waals surface area contributed by atoms with Crippen molar-refractivity contribution in [3.8, 4) is 11.5 Å². The van der Waals surface area contributed by atoms with Gasteiger partial charge in [-0.1, -0.05) is 18.2 Å². The summed E-state index contributed by atoms with van der Waals surface area (Å²) in [5.41, 5.74) is 5.16. The van der Waals surface area contributed by atoms with Crippen LogP contribution in [0.2, 0.25) is 0 Å². The molecule has 0 unspecified atom stereocenters. The van der Waals surface area contributed by atoms with Gasteiger partial charge in [0, 0.05) is 38.9 Å². The smallest absolute Gasteiger partial charge is 0.240 e. The Kier molecular flexibility index (Phi) is 5.81. The molecule has 4 rings (SSSR count). The fraction of sp³-hybridized carbons (Fsp3) is 0.261. The third kappa shape index (κ3) is 3.93. The number of amides is 1. The van der Waals surface area contributed by atoms with Crippen LogP contribution in [0.1, 0.15) is 40.1 Å². The van der Waals surface area contributed by atoms with Crippen LogP contribution in [0.15, 0.2) is 47.6 Å². The lowest BCUT2D eigenvalue weighted by Gasteiger charge is -2.09. The Bertz CT molecular complexity index is 1150. The van der Waals surface area contributed by atoms with Gasteiger partial charge in [-0.2, -0.15) is 5.10 Å². The molecule has 1 aliphatic carbocycles. The Balaban J connectivity index is 1.38. The predicted molar refractivity (Wildman–Crippen MR) is 118 cm³/mol. The fourth-order valence-electron chi connectivity index (χ4n) is 3.62. The number of benzene rings is 2. The summed E-state index contributed by atoms with van der Waals surface area (Å²) in [6.07, 6.45) is 1.93. The van der Waals surface area contributed by atoms with Crippen LogP contribution in [-0.4, -0.2) is 31.6 Å². The molecule has 0 atom stereocenters. The molecule has 154 valence electrons. The van der Waals surface area contributed by atoms with Crippen LogP contribution in [0.5, 0.6) is 11.5 Å². The van der Waals surface area contributed by atoms with E-state index in [9.17, 15) is 9.59 Å². The number of hydrogen-bond acceptors (Lipinski definition) is 6. The number of ether oxygens (including phenoxy) is 2. The van der Waals surface area contributed by atoms with Gasteiger partial charge in [0.15, 0.2) is 17.3 Å². The van der Waals surface area contributed by atoms with Gasteiger partial charge in [-0.3, -0.25) is 9.59 Å². The van der Waals surface area contributed by atoms with Crippen molar-refractivity contribution >= 4 is 38.8 Å². The number of carbonyl (C=O) groups excluding carboxylic acids is 2. The summed E-state index contributed by atoms with van der Waals surface area (Å²) in [6.45, 7) is 0. The van der Waals surface area contributed by atoms with Gasteiger partial charge in [0.2, 0.25) is 5.91 Å². The zero-order chi connectivity index (χ0) is 21.1. The maximum absolute atomic E-state index is 12.4. The predicted octanol–water partition coefficient (Wildman–Crippen LogP) is 4.35. The second-order valence-electron chi connectivity index (χ2n) is 6.98. The third-order valence-corrected chi connectivity index (χ3v) is 6.38. The first kappa shape index (κ1) is 20.1. The van der Waals surface area contributed by atoms with Crippen molar-refractivity contribution in [2.45, 2.75) is 25.7 Å². The molecule has 0 spiro atoms. The van der Waals surface area contributed by atoms with Gasteiger partial charge in [0.05, 0.1) is 19.9 Å². The zero-order valence-electron chi connectivity index (χ0n) is 16.9. The van der Waals surface area contributed by atoms with E-state index >= 15 is 0 Å². The first-order valence-electron chi connectivity index (χ1n) is 9.72. The molecule has 7 heteroatoms. The van der Waals surface area contributed by atoms with Crippen LogP contribution in [0.25, 0.3) is 10.1 Å². The van der Waals surface area contributed by atoms with E-state index in [4.69, 9.17) is 9.47 Å². The number of hydrazone groups is 1. The Hall–Kier alpha value is -3.19. The summed E-state index contributed by atoms with van der Waals surface area (Å²) >= 11 is 1.78. The van der Waals surface area contributed by atoms with Crippen molar-refractivity contribution in [1.82, 2.24) is 5.43 Å². The highest BCUT2D eigenvalue weighted by atomic mass is 32.1. The maximum Gasteiger partial charge on any atom is 0.240 e. The van der Waals surface area contributed by atoms with E-state index in [1.165, 1.54) is 29.2 Å². The highest BCUT2D eigenvalue weighted by Gasteiger charge is 2.23. The SMILES string of the molecule is COc1ccc(C(=O)CCC(=O)N/N=C2\CCc3sc4ccccc4c32)cc1OC. The van der Waals surface area contributed by atoms with E-state index in [-0.39, 0.29) is 24.5 Å². The van der Waals surface area contributed by atoms with E-state index in [1.807, 2.05) is 12.1 Å². The number of nitrogens with zero attached hydrogens (tertiary/aromatic N) is 1. The number of rotatable bonds is 7. The molecule has 30 heavy (non-hydrogen) atoms. The molecule has 1 aromatic heterocycles. The fourth-order valence-corrected chi connectivity index (χ4v) is 4.85. The number of aryl methyl sites for hydroxylation is 1. The van der Waals surface area contributed by atoms with Gasteiger partial charge in [-0.15, -0.1) is 11.3 Å². The topological polar surface area (TPSA) is 77.0 Å². The molecule has 0 aliphatic heterocycles. The molecular formula is C23H22N2O4S. The van der Waals surface area contributed by atoms with Crippen LogP contribution < -0.4 is 14.9 Å². The maximum atomic E-state index is 12.4. The molecule has 0 radical (unpaired) electrons. The van der Waals surface area contributed by atoms with Crippen LogP contribution in [0, 0.1) is 0 Å². The van der Waals surface area contributed by atoms with E-state index in [1.54, 1.807) is 29.5 Å². The van der Waals surface area contributed by atoms with Crippen molar-refractivity contribution in [2.75, 3.05) is 14.2 Å². The number of methoxy groups -OCH3 is 2. The van der Waals surface area contributed by atoms with Crippen LogP contribution in [0.4, 0.5) is 0 Å².